The summed E-state index contributed by atoms with van der Waals surface area (Å²) in [7, 11) is 0. The van der Waals surface area contributed by atoms with Crippen LogP contribution < -0.4 is 0 Å². The molecule has 0 amide bonds. The summed E-state index contributed by atoms with van der Waals surface area (Å²) in [5.41, 5.74) is 3.39. The Morgan fingerprint density at radius 3 is 3.00 bits per heavy atom. The average Bonchev–Trinajstić information content (AvgIpc) is 3.00. The van der Waals surface area contributed by atoms with E-state index in [0.717, 1.165) is 22.2 Å². The summed E-state index contributed by atoms with van der Waals surface area (Å²) in [6.07, 6.45) is 4.16. The van der Waals surface area contributed by atoms with Crippen molar-refractivity contribution < 1.29 is 9.53 Å². The number of hydrogen-bond donors (Lipinski definition) is 1. The molecule has 0 aliphatic carbocycles. The molecule has 0 spiro atoms. The van der Waals surface area contributed by atoms with Crippen LogP contribution in [-0.2, 0) is 11.2 Å². The first-order valence-corrected chi connectivity index (χ1v) is 6.74. The fourth-order valence-corrected chi connectivity index (χ4v) is 2.11. The Bertz CT molecular complexity index is 766. The number of aryl methyl sites for hydroxylation is 1. The van der Waals surface area contributed by atoms with E-state index in [2.05, 4.69) is 15.2 Å². The SMILES string of the molecule is Cc1ccc2cc(C(=O)OCCc3cn[nH]c3)ccc2n1. The van der Waals surface area contributed by atoms with Crippen LogP contribution in [0.5, 0.6) is 0 Å². The van der Waals surface area contributed by atoms with Gasteiger partial charge >= 0.3 is 5.97 Å². The Morgan fingerprint density at radius 1 is 1.29 bits per heavy atom. The molecule has 1 aromatic carbocycles. The Morgan fingerprint density at radius 2 is 2.19 bits per heavy atom. The topological polar surface area (TPSA) is 67.9 Å². The van der Waals surface area contributed by atoms with Crippen LogP contribution in [-0.4, -0.2) is 27.8 Å². The van der Waals surface area contributed by atoms with Gasteiger partial charge in [-0.05, 0) is 36.8 Å². The van der Waals surface area contributed by atoms with Gasteiger partial charge in [0.25, 0.3) is 0 Å². The van der Waals surface area contributed by atoms with E-state index in [0.29, 0.717) is 18.6 Å². The lowest BCUT2D eigenvalue weighted by Crippen LogP contribution is -2.08. The third-order valence-corrected chi connectivity index (χ3v) is 3.24. The summed E-state index contributed by atoms with van der Waals surface area (Å²) < 4.78 is 5.27. The summed E-state index contributed by atoms with van der Waals surface area (Å²) >= 11 is 0. The Hall–Kier alpha value is -2.69. The maximum atomic E-state index is 12.0. The van der Waals surface area contributed by atoms with Crippen molar-refractivity contribution in [3.05, 3.63) is 59.5 Å². The number of nitrogens with zero attached hydrogens (tertiary/aromatic N) is 2. The van der Waals surface area contributed by atoms with Crippen LogP contribution in [0.25, 0.3) is 10.9 Å². The van der Waals surface area contributed by atoms with Crippen molar-refractivity contribution in [3.8, 4) is 0 Å². The average molecular weight is 281 g/mol. The fourth-order valence-electron chi connectivity index (χ4n) is 2.11. The molecule has 0 unspecified atom stereocenters. The smallest absolute Gasteiger partial charge is 0.338 e. The molecule has 0 saturated heterocycles. The zero-order chi connectivity index (χ0) is 14.7. The molecule has 5 heteroatoms. The molecule has 0 atom stereocenters. The van der Waals surface area contributed by atoms with Crippen molar-refractivity contribution in [2.24, 2.45) is 0 Å². The van der Waals surface area contributed by atoms with Crippen LogP contribution in [0.3, 0.4) is 0 Å². The van der Waals surface area contributed by atoms with Crippen LogP contribution in [0, 0.1) is 6.92 Å². The number of fused-ring (bicyclic) bond motifs is 1. The maximum Gasteiger partial charge on any atom is 0.338 e. The molecule has 0 aliphatic heterocycles. The standard InChI is InChI=1S/C16H15N3O2/c1-11-2-3-13-8-14(4-5-15(13)19-11)16(20)21-7-6-12-9-17-18-10-12/h2-5,8-10H,6-7H2,1H3,(H,17,18). The Kier molecular flexibility index (Phi) is 3.64. The molecule has 2 aromatic heterocycles. The summed E-state index contributed by atoms with van der Waals surface area (Å²) in [6, 6.07) is 9.28. The molecule has 0 saturated carbocycles. The zero-order valence-electron chi connectivity index (χ0n) is 11.7. The highest BCUT2D eigenvalue weighted by atomic mass is 16.5. The Labute approximate surface area is 122 Å². The molecule has 0 bridgehead atoms. The fraction of sp³-hybridized carbons (Fsp3) is 0.188. The number of carbonyl (C=O) groups excluding carboxylic acids is 1. The lowest BCUT2D eigenvalue weighted by atomic mass is 10.1. The normalized spacial score (nSPS) is 10.7. The van der Waals surface area contributed by atoms with Gasteiger partial charge in [-0.3, -0.25) is 10.1 Å². The summed E-state index contributed by atoms with van der Waals surface area (Å²) in [4.78, 5) is 16.4. The van der Waals surface area contributed by atoms with Gasteiger partial charge in [0.1, 0.15) is 0 Å². The van der Waals surface area contributed by atoms with E-state index in [9.17, 15) is 4.79 Å². The molecule has 3 rings (SSSR count). The second-order valence-electron chi connectivity index (χ2n) is 4.85. The van der Waals surface area contributed by atoms with Gasteiger partial charge in [-0.1, -0.05) is 6.07 Å². The van der Waals surface area contributed by atoms with Crippen molar-refractivity contribution in [3.63, 3.8) is 0 Å². The predicted molar refractivity (Wildman–Crippen MR) is 79.1 cm³/mol. The first kappa shape index (κ1) is 13.3. The van der Waals surface area contributed by atoms with Crippen LogP contribution in [0.1, 0.15) is 21.6 Å². The van der Waals surface area contributed by atoms with Crippen LogP contribution >= 0.6 is 0 Å². The second-order valence-corrected chi connectivity index (χ2v) is 4.85. The molecule has 3 aromatic rings. The molecule has 0 radical (unpaired) electrons. The molecule has 5 nitrogen and oxygen atoms in total. The van der Waals surface area contributed by atoms with Crippen molar-refractivity contribution in [1.29, 1.82) is 0 Å². The number of rotatable bonds is 4. The molecule has 0 fully saturated rings. The Balaban J connectivity index is 1.68. The minimum atomic E-state index is -0.319. The van der Waals surface area contributed by atoms with Gasteiger partial charge in [-0.15, -0.1) is 0 Å². The van der Waals surface area contributed by atoms with E-state index in [1.54, 1.807) is 18.5 Å². The number of hydrogen-bond acceptors (Lipinski definition) is 4. The molecule has 21 heavy (non-hydrogen) atoms. The van der Waals surface area contributed by atoms with E-state index in [4.69, 9.17) is 4.74 Å². The van der Waals surface area contributed by atoms with E-state index in [-0.39, 0.29) is 5.97 Å². The number of aromatic amines is 1. The van der Waals surface area contributed by atoms with E-state index < -0.39 is 0 Å². The van der Waals surface area contributed by atoms with Gasteiger partial charge in [0.15, 0.2) is 0 Å². The largest absolute Gasteiger partial charge is 0.462 e. The van der Waals surface area contributed by atoms with E-state index in [1.165, 1.54) is 0 Å². The number of benzene rings is 1. The predicted octanol–water partition coefficient (Wildman–Crippen LogP) is 2.67. The third-order valence-electron chi connectivity index (χ3n) is 3.24. The number of aromatic nitrogens is 3. The first-order chi connectivity index (χ1) is 10.2. The van der Waals surface area contributed by atoms with Crippen molar-refractivity contribution in [1.82, 2.24) is 15.2 Å². The minimum Gasteiger partial charge on any atom is -0.462 e. The van der Waals surface area contributed by atoms with Crippen LogP contribution in [0.2, 0.25) is 0 Å². The lowest BCUT2D eigenvalue weighted by molar-refractivity contribution is 0.0509. The number of ether oxygens (including phenoxy) is 1. The highest BCUT2D eigenvalue weighted by Gasteiger charge is 2.08. The van der Waals surface area contributed by atoms with E-state index in [1.807, 2.05) is 31.2 Å². The highest BCUT2D eigenvalue weighted by Crippen LogP contribution is 2.15. The van der Waals surface area contributed by atoms with Gasteiger partial charge < -0.3 is 4.74 Å². The molecule has 2 heterocycles. The monoisotopic (exact) mass is 281 g/mol. The van der Waals surface area contributed by atoms with E-state index >= 15 is 0 Å². The number of nitrogens with one attached hydrogen (secondary N) is 1. The molecule has 0 aliphatic rings. The zero-order valence-corrected chi connectivity index (χ0v) is 11.7. The van der Waals surface area contributed by atoms with Gasteiger partial charge in [-0.2, -0.15) is 5.10 Å². The first-order valence-electron chi connectivity index (χ1n) is 6.74. The number of carbonyl (C=O) groups is 1. The van der Waals surface area contributed by atoms with Gasteiger partial charge in [0.05, 0.1) is 23.9 Å². The summed E-state index contributed by atoms with van der Waals surface area (Å²) in [5.74, 6) is -0.319. The lowest BCUT2D eigenvalue weighted by Gasteiger charge is -2.05. The summed E-state index contributed by atoms with van der Waals surface area (Å²) in [5, 5.41) is 7.51. The molecular weight excluding hydrogens is 266 g/mol. The molecule has 106 valence electrons. The quantitative estimate of drug-likeness (QED) is 0.746. The van der Waals surface area contributed by atoms with Crippen LogP contribution in [0.4, 0.5) is 0 Å². The van der Waals surface area contributed by atoms with Crippen molar-refractivity contribution in [2.45, 2.75) is 13.3 Å². The summed E-state index contributed by atoms with van der Waals surface area (Å²) in [6.45, 7) is 2.28. The number of H-pyrrole nitrogens is 1. The van der Waals surface area contributed by atoms with Crippen LogP contribution in [0.15, 0.2) is 42.7 Å². The molecule has 1 N–H and O–H groups in total. The van der Waals surface area contributed by atoms with Gasteiger partial charge in [0, 0.05) is 23.7 Å². The van der Waals surface area contributed by atoms with Gasteiger partial charge in [-0.25, -0.2) is 4.79 Å². The van der Waals surface area contributed by atoms with Crippen molar-refractivity contribution >= 4 is 16.9 Å². The third kappa shape index (κ3) is 3.08. The second kappa shape index (κ2) is 5.75. The number of pyridine rings is 1. The number of esters is 1. The highest BCUT2D eigenvalue weighted by molar-refractivity contribution is 5.94. The van der Waals surface area contributed by atoms with Crippen molar-refractivity contribution in [2.75, 3.05) is 6.61 Å². The molecular formula is C16H15N3O2. The minimum absolute atomic E-state index is 0.319. The van der Waals surface area contributed by atoms with Gasteiger partial charge in [0.2, 0.25) is 0 Å². The maximum absolute atomic E-state index is 12.0.